The number of hydrogen-bond acceptors (Lipinski definition) is 5. The molecule has 1 unspecified atom stereocenters. The lowest BCUT2D eigenvalue weighted by Crippen LogP contribution is -2.47. The third-order valence-electron chi connectivity index (χ3n) is 4.19. The van der Waals surface area contributed by atoms with Gasteiger partial charge in [0.25, 0.3) is 5.91 Å². The van der Waals surface area contributed by atoms with E-state index in [9.17, 15) is 14.4 Å². The summed E-state index contributed by atoms with van der Waals surface area (Å²) in [5.41, 5.74) is 2.06. The lowest BCUT2D eigenvalue weighted by Gasteiger charge is -2.13. The Morgan fingerprint density at radius 3 is 2.79 bits per heavy atom. The Morgan fingerprint density at radius 2 is 2.04 bits per heavy atom. The molecule has 2 heterocycles. The van der Waals surface area contributed by atoms with Gasteiger partial charge in [0, 0.05) is 29.7 Å². The van der Waals surface area contributed by atoms with Crippen molar-refractivity contribution in [1.82, 2.24) is 26.1 Å². The highest BCUT2D eigenvalue weighted by atomic mass is 16.5. The summed E-state index contributed by atoms with van der Waals surface area (Å²) in [7, 11) is 0. The van der Waals surface area contributed by atoms with Gasteiger partial charge in [0.05, 0.1) is 6.54 Å². The fraction of sp³-hybridized carbons (Fsp3) is 0.263. The van der Waals surface area contributed by atoms with Gasteiger partial charge in [0.2, 0.25) is 11.8 Å². The van der Waals surface area contributed by atoms with Crippen molar-refractivity contribution in [2.24, 2.45) is 0 Å². The predicted octanol–water partition coefficient (Wildman–Crippen LogP) is 1.02. The van der Waals surface area contributed by atoms with Crippen molar-refractivity contribution < 1.29 is 18.9 Å². The molecule has 0 bridgehead atoms. The lowest BCUT2D eigenvalue weighted by atomic mass is 10.1. The van der Waals surface area contributed by atoms with Gasteiger partial charge >= 0.3 is 0 Å². The van der Waals surface area contributed by atoms with Crippen molar-refractivity contribution in [2.45, 2.75) is 26.4 Å². The Kier molecular flexibility index (Phi) is 5.73. The summed E-state index contributed by atoms with van der Waals surface area (Å²) in [5, 5.41) is 12.4. The maximum absolute atomic E-state index is 12.1. The zero-order valence-electron chi connectivity index (χ0n) is 15.5. The van der Waals surface area contributed by atoms with Crippen molar-refractivity contribution in [1.29, 1.82) is 0 Å². The molecule has 3 rings (SSSR count). The Labute approximate surface area is 160 Å². The van der Waals surface area contributed by atoms with Crippen molar-refractivity contribution in [3.8, 4) is 0 Å². The first kappa shape index (κ1) is 19.2. The number of aryl methyl sites for hydroxylation is 1. The quantitative estimate of drug-likeness (QED) is 0.484. The molecule has 0 aliphatic carbocycles. The molecule has 1 atom stereocenters. The summed E-state index contributed by atoms with van der Waals surface area (Å²) in [6.07, 6.45) is 1.84. The first-order valence-corrected chi connectivity index (χ1v) is 8.77. The molecule has 9 heteroatoms. The molecule has 9 nitrogen and oxygen atoms in total. The smallest absolute Gasteiger partial charge is 0.274 e. The second-order valence-corrected chi connectivity index (χ2v) is 6.37. The van der Waals surface area contributed by atoms with Gasteiger partial charge in [0.15, 0.2) is 5.69 Å². The molecule has 0 spiro atoms. The van der Waals surface area contributed by atoms with Crippen LogP contribution in [0.1, 0.15) is 28.7 Å². The highest BCUT2D eigenvalue weighted by molar-refractivity contribution is 5.96. The predicted molar refractivity (Wildman–Crippen MR) is 101 cm³/mol. The van der Waals surface area contributed by atoms with E-state index in [-0.39, 0.29) is 18.1 Å². The number of aromatic nitrogens is 2. The highest BCUT2D eigenvalue weighted by Crippen LogP contribution is 2.16. The van der Waals surface area contributed by atoms with E-state index < -0.39 is 17.9 Å². The minimum atomic E-state index is -0.828. The van der Waals surface area contributed by atoms with Crippen molar-refractivity contribution >= 4 is 28.6 Å². The van der Waals surface area contributed by atoms with E-state index in [1.165, 1.54) is 13.0 Å². The molecule has 2 aromatic heterocycles. The van der Waals surface area contributed by atoms with Crippen molar-refractivity contribution in [3.63, 3.8) is 0 Å². The fourth-order valence-electron chi connectivity index (χ4n) is 2.69. The number of carbonyl (C=O) groups is 3. The number of aromatic amines is 1. The average Bonchev–Trinajstić information content (AvgIpc) is 3.33. The van der Waals surface area contributed by atoms with Gasteiger partial charge < -0.3 is 25.5 Å². The summed E-state index contributed by atoms with van der Waals surface area (Å²) >= 11 is 0. The van der Waals surface area contributed by atoms with E-state index in [2.05, 4.69) is 26.1 Å². The fourth-order valence-corrected chi connectivity index (χ4v) is 2.69. The van der Waals surface area contributed by atoms with Crippen LogP contribution in [0.15, 0.2) is 41.1 Å². The van der Waals surface area contributed by atoms with Gasteiger partial charge in [-0.05, 0) is 31.5 Å². The van der Waals surface area contributed by atoms with Gasteiger partial charge in [-0.2, -0.15) is 0 Å². The number of hydrogen-bond donors (Lipinski definition) is 4. The number of rotatable bonds is 7. The molecular weight excluding hydrogens is 362 g/mol. The number of nitrogens with one attached hydrogen (secondary N) is 4. The Hall–Kier alpha value is -3.62. The second kappa shape index (κ2) is 8.38. The van der Waals surface area contributed by atoms with E-state index in [4.69, 9.17) is 4.52 Å². The van der Waals surface area contributed by atoms with Crippen LogP contribution < -0.4 is 16.0 Å². The zero-order valence-corrected chi connectivity index (χ0v) is 15.5. The van der Waals surface area contributed by atoms with E-state index in [1.54, 1.807) is 6.92 Å². The molecule has 28 heavy (non-hydrogen) atoms. The largest absolute Gasteiger partial charge is 0.361 e. The first-order chi connectivity index (χ1) is 13.4. The van der Waals surface area contributed by atoms with Gasteiger partial charge in [-0.15, -0.1) is 0 Å². The van der Waals surface area contributed by atoms with E-state index in [0.29, 0.717) is 12.3 Å². The van der Waals surface area contributed by atoms with E-state index in [0.717, 1.165) is 16.5 Å². The van der Waals surface area contributed by atoms with Crippen LogP contribution in [-0.4, -0.2) is 40.4 Å². The molecule has 146 valence electrons. The molecular formula is C19H21N5O4. The topological polar surface area (TPSA) is 129 Å². The molecule has 3 aromatic rings. The zero-order chi connectivity index (χ0) is 20.1. The summed E-state index contributed by atoms with van der Waals surface area (Å²) in [5.74, 6) is -0.833. The number of fused-ring (bicyclic) bond motifs is 1. The Morgan fingerprint density at radius 1 is 1.21 bits per heavy atom. The molecule has 0 radical (unpaired) electrons. The monoisotopic (exact) mass is 383 g/mol. The van der Waals surface area contributed by atoms with Crippen LogP contribution in [0.2, 0.25) is 0 Å². The number of carbonyl (C=O) groups excluding carboxylic acids is 3. The molecule has 0 aliphatic rings. The van der Waals surface area contributed by atoms with Crippen LogP contribution in [0.4, 0.5) is 0 Å². The van der Waals surface area contributed by atoms with Crippen LogP contribution in [0.3, 0.4) is 0 Å². The van der Waals surface area contributed by atoms with Crippen LogP contribution >= 0.6 is 0 Å². The van der Waals surface area contributed by atoms with Crippen LogP contribution in [0.25, 0.3) is 10.9 Å². The molecule has 3 amide bonds. The molecule has 0 saturated heterocycles. The summed E-state index contributed by atoms with van der Waals surface area (Å²) in [6.45, 7) is 3.34. The summed E-state index contributed by atoms with van der Waals surface area (Å²) in [6, 6.07) is 8.38. The second-order valence-electron chi connectivity index (χ2n) is 6.37. The number of benzene rings is 1. The SMILES string of the molecule is Cc1cc(C(=O)NC(C)C(=O)NCC(=O)NCc2cccc3[nH]ccc23)no1. The molecule has 4 N–H and O–H groups in total. The van der Waals surface area contributed by atoms with Crippen LogP contribution in [-0.2, 0) is 16.1 Å². The molecule has 0 fully saturated rings. The normalized spacial score (nSPS) is 11.8. The molecule has 1 aromatic carbocycles. The first-order valence-electron chi connectivity index (χ1n) is 8.77. The van der Waals surface area contributed by atoms with Crippen LogP contribution in [0, 0.1) is 6.92 Å². The Bertz CT molecular complexity index is 1010. The van der Waals surface area contributed by atoms with E-state index in [1.807, 2.05) is 30.5 Å². The third kappa shape index (κ3) is 4.56. The Balaban J connectivity index is 1.44. The molecule has 0 saturated carbocycles. The van der Waals surface area contributed by atoms with Crippen molar-refractivity contribution in [2.75, 3.05) is 6.54 Å². The van der Waals surface area contributed by atoms with Crippen LogP contribution in [0.5, 0.6) is 0 Å². The van der Waals surface area contributed by atoms with Gasteiger partial charge in [-0.1, -0.05) is 17.3 Å². The van der Waals surface area contributed by atoms with Gasteiger partial charge in [-0.3, -0.25) is 14.4 Å². The maximum Gasteiger partial charge on any atom is 0.274 e. The number of nitrogens with zero attached hydrogens (tertiary/aromatic N) is 1. The highest BCUT2D eigenvalue weighted by Gasteiger charge is 2.19. The number of amides is 3. The summed E-state index contributed by atoms with van der Waals surface area (Å²) in [4.78, 5) is 39.2. The van der Waals surface area contributed by atoms with Gasteiger partial charge in [0.1, 0.15) is 11.8 Å². The average molecular weight is 383 g/mol. The minimum Gasteiger partial charge on any atom is -0.361 e. The van der Waals surface area contributed by atoms with Gasteiger partial charge in [-0.25, -0.2) is 0 Å². The maximum atomic E-state index is 12.1. The number of H-pyrrole nitrogens is 1. The molecule has 0 aliphatic heterocycles. The summed E-state index contributed by atoms with van der Waals surface area (Å²) < 4.78 is 4.83. The third-order valence-corrected chi connectivity index (χ3v) is 4.19. The van der Waals surface area contributed by atoms with E-state index >= 15 is 0 Å². The standard InChI is InChI=1S/C19H21N5O4/c1-11-8-16(24-28-11)19(27)23-12(2)18(26)22-10-17(25)21-9-13-4-3-5-15-14(13)6-7-20-15/h3-8,12,20H,9-10H2,1-2H3,(H,21,25)(H,22,26)(H,23,27). The van der Waals surface area contributed by atoms with Crippen molar-refractivity contribution in [3.05, 3.63) is 53.5 Å². The minimum absolute atomic E-state index is 0.0915. The lowest BCUT2D eigenvalue weighted by molar-refractivity contribution is -0.127.